The fourth-order valence-corrected chi connectivity index (χ4v) is 2.74. The summed E-state index contributed by atoms with van der Waals surface area (Å²) >= 11 is 0. The van der Waals surface area contributed by atoms with Gasteiger partial charge in [-0.25, -0.2) is 0 Å². The predicted molar refractivity (Wildman–Crippen MR) is 97.0 cm³/mol. The topological polar surface area (TPSA) is 54.9 Å². The van der Waals surface area contributed by atoms with Gasteiger partial charge in [-0.05, 0) is 38.0 Å². The van der Waals surface area contributed by atoms with Crippen LogP contribution in [-0.4, -0.2) is 25.7 Å². The molecule has 0 saturated heterocycles. The van der Waals surface area contributed by atoms with Crippen LogP contribution in [0, 0.1) is 13.8 Å². The minimum Gasteiger partial charge on any atom is -0.379 e. The monoisotopic (exact) mass is 327 g/mol. The van der Waals surface area contributed by atoms with Crippen molar-refractivity contribution < 1.29 is 14.8 Å². The van der Waals surface area contributed by atoms with E-state index in [-0.39, 0.29) is 18.0 Å². The Hall–Kier alpha value is -2.17. The number of benzene rings is 2. The van der Waals surface area contributed by atoms with E-state index in [9.17, 15) is 4.79 Å². The zero-order valence-corrected chi connectivity index (χ0v) is 14.9. The van der Waals surface area contributed by atoms with Gasteiger partial charge in [0.25, 0.3) is 5.91 Å². The molecule has 0 bridgehead atoms. The van der Waals surface area contributed by atoms with Crippen LogP contribution in [0.1, 0.15) is 29.7 Å². The van der Waals surface area contributed by atoms with Gasteiger partial charge in [0.05, 0.1) is 6.61 Å². The van der Waals surface area contributed by atoms with Crippen molar-refractivity contribution in [2.24, 2.45) is 0 Å². The molecule has 2 rings (SSSR count). The minimum atomic E-state index is -0.309. The molecule has 3 N–H and O–H groups in total. The summed E-state index contributed by atoms with van der Waals surface area (Å²) in [5.41, 5.74) is 4.05. The highest BCUT2D eigenvalue weighted by Crippen LogP contribution is 2.18. The smallest absolute Gasteiger partial charge is 0.287 e. The number of carbonyl (C=O) groups excluding carboxylic acids is 1. The van der Waals surface area contributed by atoms with Crippen molar-refractivity contribution >= 4 is 11.6 Å². The Morgan fingerprint density at radius 3 is 2.54 bits per heavy atom. The van der Waals surface area contributed by atoms with Crippen LogP contribution in [0.3, 0.4) is 0 Å². The average molecular weight is 327 g/mol. The quantitative estimate of drug-likeness (QED) is 0.821. The SMILES string of the molecule is COC[C@@H](C)[NH2+][C@@H](C(=O)Nc1cc(C)ccc1C)c1ccccc1. The molecule has 2 aromatic rings. The lowest BCUT2D eigenvalue weighted by Crippen LogP contribution is -2.92. The number of hydrogen-bond acceptors (Lipinski definition) is 2. The fourth-order valence-electron chi connectivity index (χ4n) is 2.74. The molecule has 0 radical (unpaired) electrons. The highest BCUT2D eigenvalue weighted by molar-refractivity contribution is 5.95. The second-order valence-corrected chi connectivity index (χ2v) is 6.32. The highest BCUT2D eigenvalue weighted by Gasteiger charge is 2.26. The van der Waals surface area contributed by atoms with Crippen molar-refractivity contribution in [2.45, 2.75) is 32.9 Å². The first-order valence-electron chi connectivity index (χ1n) is 8.28. The van der Waals surface area contributed by atoms with E-state index in [0.29, 0.717) is 6.61 Å². The van der Waals surface area contributed by atoms with Crippen LogP contribution in [0.15, 0.2) is 48.5 Å². The Morgan fingerprint density at radius 2 is 1.88 bits per heavy atom. The molecule has 0 saturated carbocycles. The van der Waals surface area contributed by atoms with Crippen LogP contribution < -0.4 is 10.6 Å². The van der Waals surface area contributed by atoms with Gasteiger partial charge in [-0.1, -0.05) is 42.5 Å². The van der Waals surface area contributed by atoms with E-state index < -0.39 is 0 Å². The molecule has 1 amide bonds. The van der Waals surface area contributed by atoms with Gasteiger partial charge in [-0.2, -0.15) is 0 Å². The lowest BCUT2D eigenvalue weighted by molar-refractivity contribution is -0.713. The molecular formula is C20H27N2O2+. The maximum atomic E-state index is 12.9. The Labute approximate surface area is 144 Å². The number of rotatable bonds is 7. The van der Waals surface area contributed by atoms with Crippen LogP contribution in [0.4, 0.5) is 5.69 Å². The zero-order chi connectivity index (χ0) is 17.5. The highest BCUT2D eigenvalue weighted by atomic mass is 16.5. The van der Waals surface area contributed by atoms with Crippen molar-refractivity contribution in [3.8, 4) is 0 Å². The van der Waals surface area contributed by atoms with E-state index in [0.717, 1.165) is 22.4 Å². The molecule has 4 heteroatoms. The Bertz CT molecular complexity index is 671. The second kappa shape index (κ2) is 8.62. The summed E-state index contributed by atoms with van der Waals surface area (Å²) in [5.74, 6) is -0.0159. The lowest BCUT2D eigenvalue weighted by atomic mass is 10.0. The Morgan fingerprint density at radius 1 is 1.17 bits per heavy atom. The average Bonchev–Trinajstić information content (AvgIpc) is 2.57. The van der Waals surface area contributed by atoms with Gasteiger partial charge in [0.15, 0.2) is 6.04 Å². The number of anilines is 1. The van der Waals surface area contributed by atoms with Crippen molar-refractivity contribution in [1.82, 2.24) is 0 Å². The number of methoxy groups -OCH3 is 1. The summed E-state index contributed by atoms with van der Waals surface area (Å²) < 4.78 is 5.21. The van der Waals surface area contributed by atoms with E-state index >= 15 is 0 Å². The number of carbonyl (C=O) groups is 1. The van der Waals surface area contributed by atoms with Crippen molar-refractivity contribution in [3.63, 3.8) is 0 Å². The van der Waals surface area contributed by atoms with Crippen LogP contribution in [-0.2, 0) is 9.53 Å². The van der Waals surface area contributed by atoms with Crippen molar-refractivity contribution in [1.29, 1.82) is 0 Å². The number of nitrogens with one attached hydrogen (secondary N) is 1. The predicted octanol–water partition coefficient (Wildman–Crippen LogP) is 2.58. The second-order valence-electron chi connectivity index (χ2n) is 6.32. The molecule has 0 fully saturated rings. The van der Waals surface area contributed by atoms with E-state index in [1.807, 2.05) is 62.4 Å². The van der Waals surface area contributed by atoms with Gasteiger partial charge in [0, 0.05) is 18.4 Å². The number of amides is 1. The molecule has 0 aliphatic heterocycles. The largest absolute Gasteiger partial charge is 0.379 e. The Balaban J connectivity index is 2.22. The van der Waals surface area contributed by atoms with Gasteiger partial charge >= 0.3 is 0 Å². The summed E-state index contributed by atoms with van der Waals surface area (Å²) in [6.07, 6.45) is 0. The minimum absolute atomic E-state index is 0.0159. The van der Waals surface area contributed by atoms with Crippen LogP contribution >= 0.6 is 0 Å². The Kier molecular flexibility index (Phi) is 6.53. The molecule has 0 unspecified atom stereocenters. The third-order valence-electron chi connectivity index (χ3n) is 4.04. The van der Waals surface area contributed by atoms with Gasteiger partial charge in [0.1, 0.15) is 6.04 Å². The van der Waals surface area contributed by atoms with Crippen molar-refractivity contribution in [2.75, 3.05) is 19.0 Å². The molecule has 24 heavy (non-hydrogen) atoms. The number of quaternary nitrogens is 1. The van der Waals surface area contributed by atoms with Crippen molar-refractivity contribution in [3.05, 3.63) is 65.2 Å². The molecule has 4 nitrogen and oxygen atoms in total. The third-order valence-corrected chi connectivity index (χ3v) is 4.04. The zero-order valence-electron chi connectivity index (χ0n) is 14.9. The van der Waals surface area contributed by atoms with E-state index in [1.54, 1.807) is 7.11 Å². The first-order chi connectivity index (χ1) is 11.5. The summed E-state index contributed by atoms with van der Waals surface area (Å²) in [4.78, 5) is 12.9. The molecule has 0 aliphatic rings. The van der Waals surface area contributed by atoms with Crippen LogP contribution in [0.2, 0.25) is 0 Å². The molecule has 128 valence electrons. The summed E-state index contributed by atoms with van der Waals surface area (Å²) in [5, 5.41) is 5.14. The third kappa shape index (κ3) is 4.91. The maximum Gasteiger partial charge on any atom is 0.287 e. The number of hydrogen-bond donors (Lipinski definition) is 2. The first-order valence-corrected chi connectivity index (χ1v) is 8.28. The van der Waals surface area contributed by atoms with E-state index in [4.69, 9.17) is 4.74 Å². The number of ether oxygens (including phenoxy) is 1. The van der Waals surface area contributed by atoms with Crippen LogP contribution in [0.25, 0.3) is 0 Å². The molecule has 0 aromatic heterocycles. The number of nitrogens with two attached hydrogens (primary N) is 1. The summed E-state index contributed by atoms with van der Waals surface area (Å²) in [6, 6.07) is 15.8. The lowest BCUT2D eigenvalue weighted by Gasteiger charge is -2.20. The van der Waals surface area contributed by atoms with Gasteiger partial charge < -0.3 is 15.4 Å². The van der Waals surface area contributed by atoms with Gasteiger partial charge in [-0.3, -0.25) is 4.79 Å². The van der Waals surface area contributed by atoms with E-state index in [2.05, 4.69) is 17.6 Å². The normalized spacial score (nSPS) is 13.3. The molecule has 0 spiro atoms. The number of aryl methyl sites for hydroxylation is 2. The standard InChI is InChI=1S/C20H26N2O2/c1-14-10-11-15(2)18(12-14)22-20(23)19(21-16(3)13-24-4)17-8-6-5-7-9-17/h5-12,16,19,21H,13H2,1-4H3,(H,22,23)/p+1/t16-,19-/m1/s1. The fraction of sp³-hybridized carbons (Fsp3) is 0.350. The van der Waals surface area contributed by atoms with Crippen LogP contribution in [0.5, 0.6) is 0 Å². The molecule has 0 heterocycles. The molecule has 0 aliphatic carbocycles. The molecule has 2 aromatic carbocycles. The van der Waals surface area contributed by atoms with E-state index in [1.165, 1.54) is 0 Å². The summed E-state index contributed by atoms with van der Waals surface area (Å²) in [7, 11) is 1.68. The molecular weight excluding hydrogens is 300 g/mol. The van der Waals surface area contributed by atoms with Gasteiger partial charge in [0.2, 0.25) is 0 Å². The van der Waals surface area contributed by atoms with Gasteiger partial charge in [-0.15, -0.1) is 0 Å². The first kappa shape index (κ1) is 18.2. The molecule has 2 atom stereocenters. The maximum absolute atomic E-state index is 12.9. The summed E-state index contributed by atoms with van der Waals surface area (Å²) in [6.45, 7) is 6.69.